The van der Waals surface area contributed by atoms with E-state index in [2.05, 4.69) is 4.99 Å². The van der Waals surface area contributed by atoms with Crippen LogP contribution >= 0.6 is 0 Å². The maximum absolute atomic E-state index is 12.5. The molecule has 0 atom stereocenters. The first-order chi connectivity index (χ1) is 7.34. The van der Waals surface area contributed by atoms with Crippen molar-refractivity contribution >= 4 is 11.4 Å². The lowest BCUT2D eigenvalue weighted by Crippen LogP contribution is -2.04. The number of nitrogens with zero attached hydrogens (tertiary/aromatic N) is 1. The molecule has 0 radical (unpaired) electrons. The van der Waals surface area contributed by atoms with Gasteiger partial charge in [-0.1, -0.05) is 13.0 Å². The first kappa shape index (κ1) is 12.7. The monoisotopic (exact) mass is 229 g/mol. The number of halogens is 3. The van der Waals surface area contributed by atoms with Crippen LogP contribution in [0.15, 0.2) is 23.2 Å². The Morgan fingerprint density at radius 1 is 1.25 bits per heavy atom. The molecule has 0 saturated carbocycles. The second-order valence-corrected chi connectivity index (χ2v) is 3.75. The number of aryl methyl sites for hydroxylation is 1. The maximum atomic E-state index is 12.5. The fraction of sp³-hybridized carbons (Fsp3) is 0.417. The van der Waals surface area contributed by atoms with Crippen LogP contribution in [0.1, 0.15) is 31.9 Å². The molecule has 4 heteroatoms. The average molecular weight is 229 g/mol. The molecule has 0 unspecified atom stereocenters. The van der Waals surface area contributed by atoms with Crippen molar-refractivity contribution in [3.05, 3.63) is 29.3 Å². The van der Waals surface area contributed by atoms with Crippen molar-refractivity contribution in [2.75, 3.05) is 0 Å². The smallest absolute Gasteiger partial charge is 0.258 e. The molecule has 0 amide bonds. The normalized spacial score (nSPS) is 11.4. The zero-order valence-corrected chi connectivity index (χ0v) is 9.52. The highest BCUT2D eigenvalue weighted by atomic mass is 19.4. The van der Waals surface area contributed by atoms with Gasteiger partial charge in [0.05, 0.1) is 11.3 Å². The molecule has 0 N–H and O–H groups in total. The van der Waals surface area contributed by atoms with Crippen LogP contribution in [0.3, 0.4) is 0 Å². The molecule has 1 aromatic rings. The Morgan fingerprint density at radius 3 is 2.31 bits per heavy atom. The molecule has 0 fully saturated rings. The van der Waals surface area contributed by atoms with E-state index in [4.69, 9.17) is 0 Å². The summed E-state index contributed by atoms with van der Waals surface area (Å²) in [6.45, 7) is 5.42. The van der Waals surface area contributed by atoms with Crippen molar-refractivity contribution in [3.63, 3.8) is 0 Å². The average Bonchev–Trinajstić information content (AvgIpc) is 2.15. The van der Waals surface area contributed by atoms with E-state index in [0.717, 1.165) is 23.4 Å². The molecule has 0 heterocycles. The fourth-order valence-corrected chi connectivity index (χ4v) is 1.38. The third kappa shape index (κ3) is 3.08. The van der Waals surface area contributed by atoms with E-state index in [0.29, 0.717) is 12.1 Å². The molecule has 1 aromatic carbocycles. The zero-order valence-electron chi connectivity index (χ0n) is 9.52. The fourth-order valence-electron chi connectivity index (χ4n) is 1.38. The van der Waals surface area contributed by atoms with Crippen LogP contribution in [-0.2, 0) is 12.6 Å². The first-order valence-corrected chi connectivity index (χ1v) is 5.06. The van der Waals surface area contributed by atoms with Gasteiger partial charge in [-0.2, -0.15) is 13.2 Å². The van der Waals surface area contributed by atoms with Crippen molar-refractivity contribution in [3.8, 4) is 0 Å². The largest absolute Gasteiger partial charge is 0.416 e. The van der Waals surface area contributed by atoms with E-state index in [1.54, 1.807) is 13.8 Å². The minimum Gasteiger partial charge on any atom is -0.258 e. The number of rotatable bonds is 2. The second-order valence-electron chi connectivity index (χ2n) is 3.75. The summed E-state index contributed by atoms with van der Waals surface area (Å²) >= 11 is 0. The van der Waals surface area contributed by atoms with Gasteiger partial charge in [-0.3, -0.25) is 4.99 Å². The quantitative estimate of drug-likeness (QED) is 0.667. The molecule has 0 saturated heterocycles. The molecule has 0 aliphatic rings. The Kier molecular flexibility index (Phi) is 3.73. The molecule has 0 bridgehead atoms. The van der Waals surface area contributed by atoms with Gasteiger partial charge in [-0.05, 0) is 38.0 Å². The summed E-state index contributed by atoms with van der Waals surface area (Å²) in [5.74, 6) is 0. The van der Waals surface area contributed by atoms with E-state index >= 15 is 0 Å². The van der Waals surface area contributed by atoms with Crippen molar-refractivity contribution in [1.82, 2.24) is 0 Å². The van der Waals surface area contributed by atoms with Crippen LogP contribution in [-0.4, -0.2) is 5.71 Å². The third-order valence-electron chi connectivity index (χ3n) is 2.14. The topological polar surface area (TPSA) is 12.4 Å². The summed E-state index contributed by atoms with van der Waals surface area (Å²) < 4.78 is 37.5. The van der Waals surface area contributed by atoms with Crippen molar-refractivity contribution < 1.29 is 13.2 Å². The Morgan fingerprint density at radius 2 is 1.88 bits per heavy atom. The van der Waals surface area contributed by atoms with Crippen molar-refractivity contribution in [1.29, 1.82) is 0 Å². The zero-order chi connectivity index (χ0) is 12.3. The van der Waals surface area contributed by atoms with Gasteiger partial charge in [0, 0.05) is 5.71 Å². The van der Waals surface area contributed by atoms with Gasteiger partial charge >= 0.3 is 6.18 Å². The Hall–Kier alpha value is -1.32. The van der Waals surface area contributed by atoms with Gasteiger partial charge in [-0.15, -0.1) is 0 Å². The van der Waals surface area contributed by atoms with Gasteiger partial charge in [0.15, 0.2) is 0 Å². The number of alkyl halides is 3. The third-order valence-corrected chi connectivity index (χ3v) is 2.14. The Balaban J connectivity index is 3.27. The number of benzene rings is 1. The lowest BCUT2D eigenvalue weighted by atomic mass is 10.1. The van der Waals surface area contributed by atoms with E-state index in [1.807, 2.05) is 6.92 Å². The van der Waals surface area contributed by atoms with E-state index in [-0.39, 0.29) is 0 Å². The minimum atomic E-state index is -4.31. The second kappa shape index (κ2) is 4.68. The summed E-state index contributed by atoms with van der Waals surface area (Å²) in [6, 6.07) is 3.69. The minimum absolute atomic E-state index is 0.414. The maximum Gasteiger partial charge on any atom is 0.416 e. The lowest BCUT2D eigenvalue weighted by Gasteiger charge is -2.10. The van der Waals surface area contributed by atoms with E-state index in [9.17, 15) is 13.2 Å². The standard InChI is InChI=1S/C12H14F3N/c1-4-9-5-6-10(12(13,14)15)7-11(9)16-8(2)3/h5-7H,4H2,1-3H3. The van der Waals surface area contributed by atoms with Crippen LogP contribution in [0, 0.1) is 0 Å². The van der Waals surface area contributed by atoms with Crippen LogP contribution in [0.5, 0.6) is 0 Å². The van der Waals surface area contributed by atoms with Gasteiger partial charge in [0.2, 0.25) is 0 Å². The number of hydrogen-bond donors (Lipinski definition) is 0. The SMILES string of the molecule is CCc1ccc(C(F)(F)F)cc1N=C(C)C. The van der Waals surface area contributed by atoms with Crippen LogP contribution in [0.25, 0.3) is 0 Å². The van der Waals surface area contributed by atoms with Gasteiger partial charge in [0.1, 0.15) is 0 Å². The van der Waals surface area contributed by atoms with Crippen LogP contribution in [0.4, 0.5) is 18.9 Å². The Bertz CT molecular complexity index is 401. The molecule has 16 heavy (non-hydrogen) atoms. The van der Waals surface area contributed by atoms with Crippen molar-refractivity contribution in [2.45, 2.75) is 33.4 Å². The Labute approximate surface area is 93.0 Å². The highest BCUT2D eigenvalue weighted by molar-refractivity contribution is 5.82. The predicted octanol–water partition coefficient (Wildman–Crippen LogP) is 4.38. The predicted molar refractivity (Wildman–Crippen MR) is 59.3 cm³/mol. The van der Waals surface area contributed by atoms with Gasteiger partial charge in [-0.25, -0.2) is 0 Å². The van der Waals surface area contributed by atoms with Crippen molar-refractivity contribution in [2.24, 2.45) is 4.99 Å². The molecule has 0 spiro atoms. The van der Waals surface area contributed by atoms with Gasteiger partial charge in [0.25, 0.3) is 0 Å². The van der Waals surface area contributed by atoms with Gasteiger partial charge < -0.3 is 0 Å². The molecule has 1 rings (SSSR count). The number of aliphatic imine (C=N–C) groups is 1. The lowest BCUT2D eigenvalue weighted by molar-refractivity contribution is -0.137. The van der Waals surface area contributed by atoms with Crippen LogP contribution < -0.4 is 0 Å². The highest BCUT2D eigenvalue weighted by Crippen LogP contribution is 2.33. The summed E-state index contributed by atoms with van der Waals surface area (Å²) in [5.41, 5.74) is 1.34. The molecular formula is C12H14F3N. The first-order valence-electron chi connectivity index (χ1n) is 5.06. The summed E-state index contributed by atoms with van der Waals surface area (Å²) in [7, 11) is 0. The molecule has 0 aromatic heterocycles. The summed E-state index contributed by atoms with van der Waals surface area (Å²) in [4.78, 5) is 4.12. The number of hydrogen-bond acceptors (Lipinski definition) is 1. The molecule has 0 aliphatic carbocycles. The summed E-state index contributed by atoms with van der Waals surface area (Å²) in [5, 5.41) is 0. The van der Waals surface area contributed by atoms with Crippen LogP contribution in [0.2, 0.25) is 0 Å². The molecular weight excluding hydrogens is 215 g/mol. The molecule has 0 aliphatic heterocycles. The molecule has 1 nitrogen and oxygen atoms in total. The van der Waals surface area contributed by atoms with E-state index < -0.39 is 11.7 Å². The van der Waals surface area contributed by atoms with E-state index in [1.165, 1.54) is 6.07 Å². The highest BCUT2D eigenvalue weighted by Gasteiger charge is 2.30. The molecule has 88 valence electrons. The summed E-state index contributed by atoms with van der Waals surface area (Å²) in [6.07, 6.45) is -3.64.